The Bertz CT molecular complexity index is 301. The van der Waals surface area contributed by atoms with E-state index in [1.54, 1.807) is 0 Å². The van der Waals surface area contributed by atoms with Gasteiger partial charge in [0.25, 0.3) is 0 Å². The zero-order chi connectivity index (χ0) is 14.6. The van der Waals surface area contributed by atoms with Crippen molar-refractivity contribution in [3.05, 3.63) is 0 Å². The molecule has 0 bridgehead atoms. The van der Waals surface area contributed by atoms with Gasteiger partial charge in [-0.25, -0.2) is 0 Å². The van der Waals surface area contributed by atoms with Gasteiger partial charge in [0, 0.05) is 6.04 Å². The molecule has 112 valence electrons. The first-order chi connectivity index (χ1) is 8.79. The molecule has 1 rings (SSSR count). The van der Waals surface area contributed by atoms with E-state index in [1.165, 1.54) is 13.5 Å². The second-order valence-corrected chi connectivity index (χ2v) is 7.16. The summed E-state index contributed by atoms with van der Waals surface area (Å²) in [7, 11) is 1.48. The standard InChI is InChI=1S/C16H31NO2/c1-7-12(3)14(15(18)19-6)17-13-8-11(2)9-16(4,5)10-13/h11-14,17H,7-10H2,1-6H3. The molecule has 4 unspecified atom stereocenters. The lowest BCUT2D eigenvalue weighted by Gasteiger charge is -2.41. The van der Waals surface area contributed by atoms with Crippen molar-refractivity contribution >= 4 is 5.97 Å². The van der Waals surface area contributed by atoms with Gasteiger partial charge in [0.05, 0.1) is 7.11 Å². The minimum atomic E-state index is -0.166. The highest BCUT2D eigenvalue weighted by Gasteiger charge is 2.35. The van der Waals surface area contributed by atoms with Gasteiger partial charge in [-0.1, -0.05) is 41.0 Å². The topological polar surface area (TPSA) is 38.3 Å². The van der Waals surface area contributed by atoms with Gasteiger partial charge < -0.3 is 10.1 Å². The second-order valence-electron chi connectivity index (χ2n) is 7.16. The first-order valence-electron chi connectivity index (χ1n) is 7.63. The van der Waals surface area contributed by atoms with Gasteiger partial charge in [-0.3, -0.25) is 4.79 Å². The van der Waals surface area contributed by atoms with E-state index in [2.05, 4.69) is 39.9 Å². The fourth-order valence-electron chi connectivity index (χ4n) is 3.55. The molecule has 0 radical (unpaired) electrons. The highest BCUT2D eigenvalue weighted by atomic mass is 16.5. The van der Waals surface area contributed by atoms with Gasteiger partial charge >= 0.3 is 5.97 Å². The van der Waals surface area contributed by atoms with Crippen LogP contribution in [0.1, 0.15) is 60.3 Å². The summed E-state index contributed by atoms with van der Waals surface area (Å²) in [4.78, 5) is 11.9. The van der Waals surface area contributed by atoms with Crippen LogP contribution in [0.15, 0.2) is 0 Å². The van der Waals surface area contributed by atoms with Gasteiger partial charge in [0.15, 0.2) is 0 Å². The van der Waals surface area contributed by atoms with Gasteiger partial charge in [-0.15, -0.1) is 0 Å². The quantitative estimate of drug-likeness (QED) is 0.778. The number of hydrogen-bond donors (Lipinski definition) is 1. The molecule has 3 heteroatoms. The van der Waals surface area contributed by atoms with Crippen LogP contribution in [-0.4, -0.2) is 25.2 Å². The molecule has 3 nitrogen and oxygen atoms in total. The number of rotatable bonds is 5. The monoisotopic (exact) mass is 269 g/mol. The highest BCUT2D eigenvalue weighted by Crippen LogP contribution is 2.38. The van der Waals surface area contributed by atoms with Crippen molar-refractivity contribution in [2.45, 2.75) is 72.4 Å². The van der Waals surface area contributed by atoms with Gasteiger partial charge in [-0.2, -0.15) is 0 Å². The van der Waals surface area contributed by atoms with E-state index in [-0.39, 0.29) is 12.0 Å². The smallest absolute Gasteiger partial charge is 0.323 e. The molecule has 0 spiro atoms. The minimum Gasteiger partial charge on any atom is -0.468 e. The molecule has 0 aliphatic heterocycles. The summed E-state index contributed by atoms with van der Waals surface area (Å²) in [5, 5.41) is 3.57. The van der Waals surface area contributed by atoms with E-state index in [1.807, 2.05) is 0 Å². The predicted octanol–water partition coefficient (Wildman–Crippen LogP) is 3.38. The summed E-state index contributed by atoms with van der Waals surface area (Å²) >= 11 is 0. The number of ether oxygens (including phenoxy) is 1. The Hall–Kier alpha value is -0.570. The molecule has 1 aliphatic carbocycles. The van der Waals surface area contributed by atoms with Crippen LogP contribution in [0.5, 0.6) is 0 Å². The van der Waals surface area contributed by atoms with Gasteiger partial charge in [0.2, 0.25) is 0 Å². The summed E-state index contributed by atoms with van der Waals surface area (Å²) in [6, 6.07) is 0.262. The van der Waals surface area contributed by atoms with Crippen LogP contribution in [0.2, 0.25) is 0 Å². The molecular formula is C16H31NO2. The van der Waals surface area contributed by atoms with Crippen LogP contribution in [0.25, 0.3) is 0 Å². The van der Waals surface area contributed by atoms with Crippen LogP contribution in [0, 0.1) is 17.3 Å². The average molecular weight is 269 g/mol. The Kier molecular flexibility index (Phi) is 5.84. The summed E-state index contributed by atoms with van der Waals surface area (Å²) < 4.78 is 4.95. The molecule has 1 fully saturated rings. The predicted molar refractivity (Wildman–Crippen MR) is 79.0 cm³/mol. The van der Waals surface area contributed by atoms with Crippen molar-refractivity contribution in [2.75, 3.05) is 7.11 Å². The average Bonchev–Trinajstić information content (AvgIpc) is 2.31. The Morgan fingerprint density at radius 3 is 2.53 bits per heavy atom. The summed E-state index contributed by atoms with van der Waals surface area (Å²) in [6.07, 6.45) is 4.56. The third kappa shape index (κ3) is 4.79. The van der Waals surface area contributed by atoms with Crippen LogP contribution in [0.4, 0.5) is 0 Å². The van der Waals surface area contributed by atoms with Crippen LogP contribution in [0.3, 0.4) is 0 Å². The third-order valence-electron chi connectivity index (χ3n) is 4.47. The van der Waals surface area contributed by atoms with Crippen molar-refractivity contribution < 1.29 is 9.53 Å². The number of nitrogens with one attached hydrogen (secondary N) is 1. The maximum atomic E-state index is 11.9. The van der Waals surface area contributed by atoms with E-state index in [9.17, 15) is 4.79 Å². The van der Waals surface area contributed by atoms with E-state index < -0.39 is 0 Å². The zero-order valence-electron chi connectivity index (χ0n) is 13.5. The normalized spacial score (nSPS) is 29.6. The highest BCUT2D eigenvalue weighted by molar-refractivity contribution is 5.76. The molecule has 1 N–H and O–H groups in total. The maximum Gasteiger partial charge on any atom is 0.323 e. The second kappa shape index (κ2) is 6.74. The summed E-state index contributed by atoms with van der Waals surface area (Å²) in [5.41, 5.74) is 0.367. The van der Waals surface area contributed by atoms with Crippen molar-refractivity contribution in [3.8, 4) is 0 Å². The molecule has 0 amide bonds. The molecule has 1 aliphatic rings. The Morgan fingerprint density at radius 1 is 1.42 bits per heavy atom. The SMILES string of the molecule is CCC(C)C(NC1CC(C)CC(C)(C)C1)C(=O)OC. The van der Waals surface area contributed by atoms with E-state index in [0.29, 0.717) is 17.4 Å². The number of hydrogen-bond acceptors (Lipinski definition) is 3. The molecular weight excluding hydrogens is 238 g/mol. The lowest BCUT2D eigenvalue weighted by molar-refractivity contribution is -0.145. The number of carbonyl (C=O) groups is 1. The molecule has 0 aromatic heterocycles. The molecule has 1 saturated carbocycles. The van der Waals surface area contributed by atoms with Crippen molar-refractivity contribution in [1.82, 2.24) is 5.32 Å². The van der Waals surface area contributed by atoms with Crippen molar-refractivity contribution in [2.24, 2.45) is 17.3 Å². The van der Waals surface area contributed by atoms with Crippen molar-refractivity contribution in [1.29, 1.82) is 0 Å². The fourth-order valence-corrected chi connectivity index (χ4v) is 3.55. The number of esters is 1. The third-order valence-corrected chi connectivity index (χ3v) is 4.47. The summed E-state index contributed by atoms with van der Waals surface area (Å²) in [5.74, 6) is 0.912. The Balaban J connectivity index is 2.70. The van der Waals surface area contributed by atoms with E-state index in [0.717, 1.165) is 25.2 Å². The van der Waals surface area contributed by atoms with Gasteiger partial charge in [0.1, 0.15) is 6.04 Å². The first kappa shape index (κ1) is 16.5. The lowest BCUT2D eigenvalue weighted by atomic mass is 9.70. The molecule has 19 heavy (non-hydrogen) atoms. The Morgan fingerprint density at radius 2 is 2.05 bits per heavy atom. The molecule has 0 aromatic carbocycles. The molecule has 0 saturated heterocycles. The minimum absolute atomic E-state index is 0.120. The van der Waals surface area contributed by atoms with E-state index in [4.69, 9.17) is 4.74 Å². The van der Waals surface area contributed by atoms with Crippen molar-refractivity contribution in [3.63, 3.8) is 0 Å². The largest absolute Gasteiger partial charge is 0.468 e. The van der Waals surface area contributed by atoms with Crippen LogP contribution >= 0.6 is 0 Å². The molecule has 4 atom stereocenters. The fraction of sp³-hybridized carbons (Fsp3) is 0.938. The maximum absolute atomic E-state index is 11.9. The Labute approximate surface area is 118 Å². The first-order valence-corrected chi connectivity index (χ1v) is 7.63. The van der Waals surface area contributed by atoms with Crippen LogP contribution < -0.4 is 5.32 Å². The van der Waals surface area contributed by atoms with E-state index >= 15 is 0 Å². The van der Waals surface area contributed by atoms with Crippen LogP contribution in [-0.2, 0) is 9.53 Å². The summed E-state index contributed by atoms with van der Waals surface area (Å²) in [6.45, 7) is 11.2. The lowest BCUT2D eigenvalue weighted by Crippen LogP contribution is -2.51. The zero-order valence-corrected chi connectivity index (χ0v) is 13.5. The molecule has 0 heterocycles. The number of methoxy groups -OCH3 is 1. The van der Waals surface area contributed by atoms with Gasteiger partial charge in [-0.05, 0) is 36.5 Å². The molecule has 0 aromatic rings. The number of carbonyl (C=O) groups excluding carboxylic acids is 1.